The van der Waals surface area contributed by atoms with Crippen LogP contribution in [0.3, 0.4) is 0 Å². The fourth-order valence-corrected chi connectivity index (χ4v) is 3.23. The molecule has 1 N–H and O–H groups in total. The summed E-state index contributed by atoms with van der Waals surface area (Å²) < 4.78 is 1.06. The van der Waals surface area contributed by atoms with Gasteiger partial charge in [-0.15, -0.1) is 0 Å². The lowest BCUT2D eigenvalue weighted by Crippen LogP contribution is -2.44. The average Bonchev–Trinajstić information content (AvgIpc) is 2.79. The summed E-state index contributed by atoms with van der Waals surface area (Å²) in [5.74, 6) is 0.860. The van der Waals surface area contributed by atoms with Gasteiger partial charge in [0.25, 0.3) is 0 Å². The van der Waals surface area contributed by atoms with Gasteiger partial charge in [0.05, 0.1) is 5.69 Å². The molecule has 0 bridgehead atoms. The van der Waals surface area contributed by atoms with Crippen molar-refractivity contribution in [1.29, 1.82) is 0 Å². The summed E-state index contributed by atoms with van der Waals surface area (Å²) in [6.07, 6.45) is 4.52. The summed E-state index contributed by atoms with van der Waals surface area (Å²) >= 11 is 3.42. The standard InChI is InChI=1S/C13H18BrN3/c14-11-1-2-12(16-7-11)9-17-6-4-13-10(8-17)3-5-15-13/h1-2,7,10,13,15H,3-6,8-9H2. The van der Waals surface area contributed by atoms with Gasteiger partial charge in [-0.3, -0.25) is 9.88 Å². The van der Waals surface area contributed by atoms with E-state index in [4.69, 9.17) is 0 Å². The van der Waals surface area contributed by atoms with E-state index < -0.39 is 0 Å². The zero-order valence-corrected chi connectivity index (χ0v) is 11.5. The van der Waals surface area contributed by atoms with Gasteiger partial charge in [-0.25, -0.2) is 0 Å². The first-order valence-electron chi connectivity index (χ1n) is 6.37. The van der Waals surface area contributed by atoms with Crippen LogP contribution in [0.1, 0.15) is 18.5 Å². The van der Waals surface area contributed by atoms with E-state index in [0.717, 1.165) is 23.0 Å². The zero-order valence-electron chi connectivity index (χ0n) is 9.90. The minimum absolute atomic E-state index is 0.782. The summed E-state index contributed by atoms with van der Waals surface area (Å²) in [7, 11) is 0. The van der Waals surface area contributed by atoms with E-state index >= 15 is 0 Å². The zero-order chi connectivity index (χ0) is 11.7. The van der Waals surface area contributed by atoms with E-state index in [-0.39, 0.29) is 0 Å². The molecule has 0 spiro atoms. The van der Waals surface area contributed by atoms with Crippen LogP contribution in [0.4, 0.5) is 0 Å². The molecule has 0 saturated carbocycles. The number of pyridine rings is 1. The van der Waals surface area contributed by atoms with Crippen molar-refractivity contribution in [3.05, 3.63) is 28.5 Å². The van der Waals surface area contributed by atoms with Crippen molar-refractivity contribution in [2.45, 2.75) is 25.4 Å². The molecule has 3 nitrogen and oxygen atoms in total. The Balaban J connectivity index is 1.60. The second-order valence-corrected chi connectivity index (χ2v) is 6.02. The molecule has 0 aromatic carbocycles. The molecule has 17 heavy (non-hydrogen) atoms. The van der Waals surface area contributed by atoms with Gasteiger partial charge in [-0.1, -0.05) is 0 Å². The van der Waals surface area contributed by atoms with E-state index in [1.54, 1.807) is 0 Å². The highest BCUT2D eigenvalue weighted by molar-refractivity contribution is 9.10. The van der Waals surface area contributed by atoms with E-state index in [0.29, 0.717) is 0 Å². The van der Waals surface area contributed by atoms with Crippen molar-refractivity contribution in [3.8, 4) is 0 Å². The van der Waals surface area contributed by atoms with Crippen LogP contribution in [-0.4, -0.2) is 35.6 Å². The van der Waals surface area contributed by atoms with E-state index in [9.17, 15) is 0 Å². The Hall–Kier alpha value is -0.450. The minimum Gasteiger partial charge on any atom is -0.314 e. The third kappa shape index (κ3) is 2.69. The number of hydrogen-bond donors (Lipinski definition) is 1. The first-order valence-corrected chi connectivity index (χ1v) is 7.17. The molecule has 3 rings (SSSR count). The molecular weight excluding hydrogens is 278 g/mol. The summed E-state index contributed by atoms with van der Waals surface area (Å²) in [6, 6.07) is 4.97. The minimum atomic E-state index is 0.782. The predicted octanol–water partition coefficient (Wildman–Crippen LogP) is 2.03. The largest absolute Gasteiger partial charge is 0.314 e. The summed E-state index contributed by atoms with van der Waals surface area (Å²) in [5.41, 5.74) is 1.18. The Kier molecular flexibility index (Phi) is 3.45. The summed E-state index contributed by atoms with van der Waals surface area (Å²) in [6.45, 7) is 4.64. The average molecular weight is 296 g/mol. The molecule has 0 amide bonds. The Labute approximate surface area is 111 Å². The maximum Gasteiger partial charge on any atom is 0.0544 e. The molecule has 1 aromatic heterocycles. The van der Waals surface area contributed by atoms with E-state index in [2.05, 4.69) is 43.3 Å². The molecule has 4 heteroatoms. The number of nitrogens with one attached hydrogen (secondary N) is 1. The van der Waals surface area contributed by atoms with Gasteiger partial charge >= 0.3 is 0 Å². The van der Waals surface area contributed by atoms with Crippen LogP contribution in [0.2, 0.25) is 0 Å². The number of rotatable bonds is 2. The van der Waals surface area contributed by atoms with Crippen LogP contribution >= 0.6 is 15.9 Å². The summed E-state index contributed by atoms with van der Waals surface area (Å²) in [4.78, 5) is 7.00. The van der Waals surface area contributed by atoms with Crippen LogP contribution in [0, 0.1) is 5.92 Å². The number of fused-ring (bicyclic) bond motifs is 1. The second kappa shape index (κ2) is 5.04. The van der Waals surface area contributed by atoms with Crippen molar-refractivity contribution in [2.24, 2.45) is 5.92 Å². The van der Waals surface area contributed by atoms with Gasteiger partial charge in [0, 0.05) is 36.3 Å². The molecule has 3 heterocycles. The maximum atomic E-state index is 4.45. The van der Waals surface area contributed by atoms with Crippen molar-refractivity contribution < 1.29 is 0 Å². The van der Waals surface area contributed by atoms with Gasteiger partial charge < -0.3 is 5.32 Å². The highest BCUT2D eigenvalue weighted by Gasteiger charge is 2.32. The van der Waals surface area contributed by atoms with Crippen LogP contribution in [-0.2, 0) is 6.54 Å². The third-order valence-corrected chi connectivity index (χ3v) is 4.38. The Morgan fingerprint density at radius 3 is 3.18 bits per heavy atom. The van der Waals surface area contributed by atoms with Crippen molar-refractivity contribution in [3.63, 3.8) is 0 Å². The monoisotopic (exact) mass is 295 g/mol. The van der Waals surface area contributed by atoms with Gasteiger partial charge in [-0.2, -0.15) is 0 Å². The van der Waals surface area contributed by atoms with Gasteiger partial charge in [0.1, 0.15) is 0 Å². The molecule has 2 fully saturated rings. The highest BCUT2D eigenvalue weighted by Crippen LogP contribution is 2.25. The first kappa shape index (κ1) is 11.6. The SMILES string of the molecule is Brc1ccc(CN2CCC3NCCC3C2)nc1. The molecular formula is C13H18BrN3. The van der Waals surface area contributed by atoms with Crippen LogP contribution in [0.5, 0.6) is 0 Å². The van der Waals surface area contributed by atoms with Gasteiger partial charge in [-0.05, 0) is 53.4 Å². The van der Waals surface area contributed by atoms with Crippen LogP contribution in [0.25, 0.3) is 0 Å². The fourth-order valence-electron chi connectivity index (χ4n) is 3.00. The molecule has 0 radical (unpaired) electrons. The Bertz CT molecular complexity index is 379. The Morgan fingerprint density at radius 2 is 2.35 bits per heavy atom. The lowest BCUT2D eigenvalue weighted by molar-refractivity contribution is 0.154. The van der Waals surface area contributed by atoms with Gasteiger partial charge in [0.15, 0.2) is 0 Å². The van der Waals surface area contributed by atoms with Gasteiger partial charge in [0.2, 0.25) is 0 Å². The van der Waals surface area contributed by atoms with E-state index in [1.807, 2.05) is 6.20 Å². The quantitative estimate of drug-likeness (QED) is 0.905. The maximum absolute atomic E-state index is 4.45. The van der Waals surface area contributed by atoms with Crippen molar-refractivity contribution in [1.82, 2.24) is 15.2 Å². The topological polar surface area (TPSA) is 28.2 Å². The highest BCUT2D eigenvalue weighted by atomic mass is 79.9. The fraction of sp³-hybridized carbons (Fsp3) is 0.615. The predicted molar refractivity (Wildman–Crippen MR) is 71.7 cm³/mol. The molecule has 2 aliphatic heterocycles. The van der Waals surface area contributed by atoms with Crippen LogP contribution < -0.4 is 5.32 Å². The smallest absolute Gasteiger partial charge is 0.0544 e. The lowest BCUT2D eigenvalue weighted by Gasteiger charge is -2.34. The molecule has 2 aliphatic rings. The molecule has 2 atom stereocenters. The Morgan fingerprint density at radius 1 is 1.41 bits per heavy atom. The first-order chi connectivity index (χ1) is 8.31. The normalized spacial score (nSPS) is 29.2. The van der Waals surface area contributed by atoms with Crippen LogP contribution in [0.15, 0.2) is 22.8 Å². The number of halogens is 1. The second-order valence-electron chi connectivity index (χ2n) is 5.10. The third-order valence-electron chi connectivity index (χ3n) is 3.91. The van der Waals surface area contributed by atoms with Crippen molar-refractivity contribution >= 4 is 15.9 Å². The molecule has 2 unspecified atom stereocenters. The molecule has 2 saturated heterocycles. The number of hydrogen-bond acceptors (Lipinski definition) is 3. The molecule has 0 aliphatic carbocycles. The number of likely N-dealkylation sites (tertiary alicyclic amines) is 1. The number of aromatic nitrogens is 1. The number of nitrogens with zero attached hydrogens (tertiary/aromatic N) is 2. The number of piperidine rings is 1. The lowest BCUT2D eigenvalue weighted by atomic mass is 9.93. The molecule has 92 valence electrons. The van der Waals surface area contributed by atoms with Crippen molar-refractivity contribution in [2.75, 3.05) is 19.6 Å². The van der Waals surface area contributed by atoms with E-state index in [1.165, 1.54) is 38.2 Å². The summed E-state index contributed by atoms with van der Waals surface area (Å²) in [5, 5.41) is 3.60. The molecule has 1 aromatic rings.